The van der Waals surface area contributed by atoms with Crippen molar-refractivity contribution in [3.63, 3.8) is 0 Å². The highest BCUT2D eigenvalue weighted by atomic mass is 127. The number of aliphatic hydroxyl groups excluding tert-OH is 2. The van der Waals surface area contributed by atoms with Crippen molar-refractivity contribution < 1.29 is 93.5 Å². The fraction of sp³-hybridized carbons (Fsp3) is 0.629. The Morgan fingerprint density at radius 1 is 0.586 bits per heavy atom. The number of hydrogen-bond acceptors (Lipinski definition) is 22. The highest BCUT2D eigenvalue weighted by Crippen LogP contribution is 2.38. The number of nitrogens with zero attached hydrogens (tertiary/aromatic N) is 3. The zero-order valence-electron chi connectivity index (χ0n) is 57.1. The van der Waals surface area contributed by atoms with Crippen LogP contribution in [0.4, 0.5) is 9.59 Å². The molecule has 0 bridgehead atoms. The van der Waals surface area contributed by atoms with E-state index in [-0.39, 0.29) is 112 Å². The Labute approximate surface area is 595 Å². The molecule has 10 atom stereocenters. The fourth-order valence-electron chi connectivity index (χ4n) is 13.0. The van der Waals surface area contributed by atoms with E-state index >= 15 is 0 Å². The summed E-state index contributed by atoms with van der Waals surface area (Å²) < 4.78 is 126. The van der Waals surface area contributed by atoms with Crippen molar-refractivity contribution in [2.75, 3.05) is 117 Å². The minimum Gasteiger partial charge on any atom is -0.494 e. The predicted molar refractivity (Wildman–Crippen MR) is 374 cm³/mol. The summed E-state index contributed by atoms with van der Waals surface area (Å²) in [6.07, 6.45) is 3.39. The van der Waals surface area contributed by atoms with E-state index < -0.39 is 68.7 Å². The highest BCUT2D eigenvalue weighted by Gasteiger charge is 2.46. The molecule has 29 heteroatoms. The van der Waals surface area contributed by atoms with Crippen LogP contribution in [0, 0.1) is 23.7 Å². The number of fused-ring (bicyclic) bond motifs is 4. The lowest BCUT2D eigenvalue weighted by atomic mass is 10.0. The van der Waals surface area contributed by atoms with Gasteiger partial charge in [0, 0.05) is 49.3 Å². The van der Waals surface area contributed by atoms with Gasteiger partial charge in [-0.2, -0.15) is 8.61 Å². The first kappa shape index (κ1) is 76.1. The van der Waals surface area contributed by atoms with Gasteiger partial charge in [0.15, 0.2) is 35.6 Å². The number of hydrogen-bond donors (Lipinski definition) is 5. The number of sulfonamides is 2. The van der Waals surface area contributed by atoms with Gasteiger partial charge in [-0.05, 0) is 162 Å². The van der Waals surface area contributed by atoms with Gasteiger partial charge < -0.3 is 87.9 Å². The molecule has 0 saturated carbocycles. The van der Waals surface area contributed by atoms with Crippen LogP contribution in [0.3, 0.4) is 0 Å². The Bertz CT molecular complexity index is 3420. The average molecular weight is 1540 g/mol. The maximum atomic E-state index is 13.9. The third-order valence-electron chi connectivity index (χ3n) is 18.3. The van der Waals surface area contributed by atoms with Gasteiger partial charge in [-0.3, -0.25) is 0 Å². The number of rotatable bonds is 31. The normalized spacial score (nSPS) is 22.7. The maximum Gasteiger partial charge on any atom is 0.407 e. The zero-order chi connectivity index (χ0) is 69.9. The Hall–Kier alpha value is -5.55. The summed E-state index contributed by atoms with van der Waals surface area (Å²) in [6, 6.07) is 22.1. The highest BCUT2D eigenvalue weighted by molar-refractivity contribution is 14.1. The largest absolute Gasteiger partial charge is 0.494 e. The summed E-state index contributed by atoms with van der Waals surface area (Å²) >= 11 is 2.30. The van der Waals surface area contributed by atoms with Crippen molar-refractivity contribution in [2.45, 2.75) is 151 Å². The molecule has 0 unspecified atom stereocenters. The molecule has 4 aromatic rings. The third-order valence-corrected chi connectivity index (χ3v) is 22.7. The average Bonchev–Trinajstić information content (AvgIpc) is 1.54. The van der Waals surface area contributed by atoms with Gasteiger partial charge in [0.2, 0.25) is 33.6 Å². The van der Waals surface area contributed by atoms with Crippen LogP contribution in [-0.4, -0.2) is 218 Å². The lowest BCUT2D eigenvalue weighted by Crippen LogP contribution is -2.51. The first-order valence-electron chi connectivity index (χ1n) is 34.8. The van der Waals surface area contributed by atoms with E-state index in [9.17, 15) is 36.6 Å². The Morgan fingerprint density at radius 3 is 1.43 bits per heavy atom. The molecule has 5 N–H and O–H groups in total. The molecule has 0 aromatic heterocycles. The number of benzene rings is 4. The summed E-state index contributed by atoms with van der Waals surface area (Å²) in [5.41, 5.74) is 1.65. The number of likely N-dealkylation sites (tertiary alicyclic amines) is 1. The molecule has 6 saturated heterocycles. The lowest BCUT2D eigenvalue weighted by molar-refractivity contribution is -0.0909. The quantitative estimate of drug-likeness (QED) is 0.0185. The van der Waals surface area contributed by atoms with E-state index in [1.807, 2.05) is 76.2 Å². The molecule has 8 aliphatic heterocycles. The van der Waals surface area contributed by atoms with Crippen molar-refractivity contribution in [1.82, 2.24) is 29.5 Å². The van der Waals surface area contributed by atoms with Gasteiger partial charge in [0.25, 0.3) is 0 Å². The number of alkyl carbamates (subject to hydrolysis) is 2. The van der Waals surface area contributed by atoms with Crippen LogP contribution in [0.2, 0.25) is 0 Å². The van der Waals surface area contributed by atoms with Gasteiger partial charge in [-0.1, -0.05) is 74.6 Å². The number of halogens is 1. The molecule has 6 fully saturated rings. The number of carbonyl (C=O) groups is 2. The van der Waals surface area contributed by atoms with Gasteiger partial charge in [0.1, 0.15) is 23.7 Å². The van der Waals surface area contributed by atoms with E-state index in [4.69, 9.17) is 56.8 Å². The van der Waals surface area contributed by atoms with Gasteiger partial charge in [0.05, 0.1) is 85.6 Å². The Balaban J connectivity index is 0.000000200. The molecule has 4 aromatic carbocycles. The molecule has 0 aliphatic carbocycles. The van der Waals surface area contributed by atoms with E-state index in [1.54, 1.807) is 12.1 Å². The molecule has 12 rings (SSSR count). The van der Waals surface area contributed by atoms with Crippen LogP contribution >= 0.6 is 22.6 Å². The Morgan fingerprint density at radius 2 is 1.02 bits per heavy atom. The number of alkyl halides is 1. The summed E-state index contributed by atoms with van der Waals surface area (Å²) in [5.74, 6) is 2.91. The van der Waals surface area contributed by atoms with Crippen LogP contribution in [-0.2, 0) is 61.3 Å². The zero-order valence-corrected chi connectivity index (χ0v) is 60.9. The molecule has 0 spiro atoms. The molecule has 99 heavy (non-hydrogen) atoms. The first-order valence-corrected chi connectivity index (χ1v) is 39.2. The number of amides is 2. The minimum absolute atomic E-state index is 0.0175. The molecular formula is C70H99IN6O20S2. The van der Waals surface area contributed by atoms with Crippen molar-refractivity contribution in [1.29, 1.82) is 0 Å². The minimum atomic E-state index is -4.05. The van der Waals surface area contributed by atoms with E-state index in [0.717, 1.165) is 72.4 Å². The topological polar surface area (TPSA) is 299 Å². The van der Waals surface area contributed by atoms with E-state index in [0.29, 0.717) is 49.4 Å². The number of ether oxygens (including phenoxy) is 12. The van der Waals surface area contributed by atoms with Gasteiger partial charge in [-0.25, -0.2) is 26.4 Å². The van der Waals surface area contributed by atoms with E-state index in [1.165, 1.54) is 71.6 Å². The summed E-state index contributed by atoms with van der Waals surface area (Å²) in [4.78, 5) is 28.9. The van der Waals surface area contributed by atoms with Crippen molar-refractivity contribution in [2.24, 2.45) is 23.7 Å². The van der Waals surface area contributed by atoms with E-state index in [2.05, 4.69) is 43.4 Å². The molecule has 8 aliphatic rings. The standard InChI is InChI=1S/C35H49N3O10S.C31H41IN2O10S.C4H9N/c1-24(2)20-38(49(41,42)27-10-11-31-32(19-27)47-23-46-31)21-30(39)29(36-35(40)48-33-22-45-34-28(33)12-17-44-34)18-25-6-8-26(9-7-25)43-16-5-15-37-13-3-4-14-37;1-20(2)16-34(45(37,38)23-8-9-27-28(15-23)43-19-42-27)17-26(35)25(14-21-4-6-22(7-5-21)39-12-3-11-32)33-31(36)44-29-18-41-30-24(29)10-13-40-30;1-2-4-5-3-1/h6-11,19,24,28-30,33-34,39H,3-5,12-18,20-23H2,1-2H3,(H,36,40);4-9,15,20,24-26,29-30,35H,3,10-14,16-19H2,1-2H3,(H,33,36);5H,1-4H2/t28-,29-,30+,33+,34+;24-,25-,26+,29-,30+;/m00./s1. The van der Waals surface area contributed by atoms with Gasteiger partial charge >= 0.3 is 12.2 Å². The van der Waals surface area contributed by atoms with Crippen LogP contribution in [0.1, 0.15) is 90.2 Å². The molecule has 2 amide bonds. The number of aliphatic hydroxyl groups is 2. The third kappa shape index (κ3) is 21.8. The molecule has 8 heterocycles. The number of nitrogens with one attached hydrogen (secondary N) is 3. The second-order valence-electron chi connectivity index (χ2n) is 26.8. The molecule has 548 valence electrons. The molecule has 0 radical (unpaired) electrons. The summed E-state index contributed by atoms with van der Waals surface area (Å²) in [6.45, 7) is 16.0. The Kier molecular flexibility index (Phi) is 28.5. The van der Waals surface area contributed by atoms with Crippen molar-refractivity contribution >= 4 is 54.8 Å². The van der Waals surface area contributed by atoms with Crippen LogP contribution in [0.15, 0.2) is 94.7 Å². The summed E-state index contributed by atoms with van der Waals surface area (Å²) in [5, 5.41) is 32.1. The number of carbonyl (C=O) groups excluding carboxylic acids is 2. The van der Waals surface area contributed by atoms with Crippen LogP contribution in [0.5, 0.6) is 34.5 Å². The molecule has 26 nitrogen and oxygen atoms in total. The SMILES string of the molecule is C1CCNC1.CC(C)CN(C[C@@H](O)[C@H](Cc1ccc(OCCCI)cc1)NC(=O)O[C@H]1CO[C@H]2OCC[C@H]21)S(=O)(=O)c1ccc2c(c1)OCO2.CC(C)CN(C[C@@H](O)[C@H](Cc1ccc(OCCCN2CCCC2)cc1)NC(=O)O[C@@H]1CO[C@H]2OCC[C@H]21)S(=O)(=O)c1ccc2c(c1)OCO2. The van der Waals surface area contributed by atoms with Crippen molar-refractivity contribution in [3.8, 4) is 34.5 Å². The maximum absolute atomic E-state index is 13.9. The smallest absolute Gasteiger partial charge is 0.407 e. The monoisotopic (exact) mass is 1530 g/mol. The lowest BCUT2D eigenvalue weighted by Gasteiger charge is -2.31. The second-order valence-corrected chi connectivity index (χ2v) is 31.8. The van der Waals surface area contributed by atoms with Crippen LogP contribution in [0.25, 0.3) is 0 Å². The van der Waals surface area contributed by atoms with Gasteiger partial charge in [-0.15, -0.1) is 0 Å². The fourth-order valence-corrected chi connectivity index (χ4v) is 16.6. The first-order chi connectivity index (χ1) is 47.8. The van der Waals surface area contributed by atoms with Crippen molar-refractivity contribution in [3.05, 3.63) is 96.1 Å². The van der Waals surface area contributed by atoms with Crippen LogP contribution < -0.4 is 44.4 Å². The summed E-state index contributed by atoms with van der Waals surface area (Å²) in [7, 11) is -8.10. The molecular weight excluding hydrogens is 1440 g/mol. The predicted octanol–water partition coefficient (Wildman–Crippen LogP) is 7.48. The second kappa shape index (κ2) is 37.1.